The van der Waals surface area contributed by atoms with E-state index in [0.29, 0.717) is 6.42 Å². The molecule has 9 heavy (non-hydrogen) atoms. The number of halogens is 2. The zero-order chi connectivity index (χ0) is 5.98. The number of rotatable bonds is 0. The first-order valence-corrected chi connectivity index (χ1v) is 3.20. The van der Waals surface area contributed by atoms with Gasteiger partial charge in [-0.3, -0.25) is 0 Å². The highest BCUT2D eigenvalue weighted by Gasteiger charge is 2.19. The average molecular weight is 154 g/mol. The second kappa shape index (κ2) is 4.07. The van der Waals surface area contributed by atoms with Gasteiger partial charge in [0.1, 0.15) is 6.17 Å². The van der Waals surface area contributed by atoms with Crippen molar-refractivity contribution in [2.24, 2.45) is 5.73 Å². The first-order chi connectivity index (χ1) is 3.80. The molecule has 0 aromatic heterocycles. The van der Waals surface area contributed by atoms with Crippen LogP contribution in [0.15, 0.2) is 0 Å². The lowest BCUT2D eigenvalue weighted by Crippen LogP contribution is -2.34. The third-order valence-corrected chi connectivity index (χ3v) is 1.73. The van der Waals surface area contributed by atoms with Gasteiger partial charge in [-0.25, -0.2) is 4.39 Å². The van der Waals surface area contributed by atoms with Crippen molar-refractivity contribution in [3.8, 4) is 0 Å². The highest BCUT2D eigenvalue weighted by atomic mass is 35.5. The van der Waals surface area contributed by atoms with E-state index in [9.17, 15) is 4.39 Å². The lowest BCUT2D eigenvalue weighted by Gasteiger charge is -2.21. The van der Waals surface area contributed by atoms with Crippen molar-refractivity contribution in [2.75, 3.05) is 0 Å². The van der Waals surface area contributed by atoms with Crippen LogP contribution in [0.4, 0.5) is 4.39 Å². The molecule has 0 saturated heterocycles. The van der Waals surface area contributed by atoms with Crippen molar-refractivity contribution < 1.29 is 4.39 Å². The van der Waals surface area contributed by atoms with Crippen molar-refractivity contribution in [1.82, 2.24) is 0 Å². The summed E-state index contributed by atoms with van der Waals surface area (Å²) >= 11 is 0. The zero-order valence-electron chi connectivity index (χ0n) is 5.35. The summed E-state index contributed by atoms with van der Waals surface area (Å²) in [5.74, 6) is 0. The molecule has 0 spiro atoms. The molecule has 1 fully saturated rings. The van der Waals surface area contributed by atoms with Crippen LogP contribution in [0.2, 0.25) is 0 Å². The Morgan fingerprint density at radius 3 is 2.11 bits per heavy atom. The van der Waals surface area contributed by atoms with E-state index >= 15 is 0 Å². The second-order valence-electron chi connectivity index (χ2n) is 2.46. The smallest absolute Gasteiger partial charge is 0.115 e. The van der Waals surface area contributed by atoms with Gasteiger partial charge in [0, 0.05) is 6.04 Å². The minimum absolute atomic E-state index is 0. The molecule has 0 aliphatic heterocycles. The Morgan fingerprint density at radius 2 is 1.78 bits per heavy atom. The van der Waals surface area contributed by atoms with Crippen LogP contribution in [-0.2, 0) is 0 Å². The lowest BCUT2D eigenvalue weighted by atomic mass is 9.95. The molecule has 0 radical (unpaired) electrons. The molecule has 0 heterocycles. The van der Waals surface area contributed by atoms with Gasteiger partial charge in [0.25, 0.3) is 0 Å². The molecule has 1 rings (SSSR count). The first kappa shape index (κ1) is 9.18. The maximum atomic E-state index is 12.5. The Labute approximate surface area is 61.2 Å². The molecule has 1 nitrogen and oxygen atoms in total. The van der Waals surface area contributed by atoms with E-state index in [1.807, 2.05) is 0 Å². The second-order valence-corrected chi connectivity index (χ2v) is 2.46. The van der Waals surface area contributed by atoms with Crippen molar-refractivity contribution in [2.45, 2.75) is 37.9 Å². The maximum Gasteiger partial charge on any atom is 0.115 e. The van der Waals surface area contributed by atoms with Crippen molar-refractivity contribution >= 4 is 12.4 Å². The first-order valence-electron chi connectivity index (χ1n) is 3.20. The molecule has 0 bridgehead atoms. The van der Waals surface area contributed by atoms with Gasteiger partial charge in [0.2, 0.25) is 0 Å². The molecule has 56 valence electrons. The molecule has 0 aromatic carbocycles. The monoisotopic (exact) mass is 153 g/mol. The zero-order valence-corrected chi connectivity index (χ0v) is 6.16. The summed E-state index contributed by atoms with van der Waals surface area (Å²) in [5, 5.41) is 0. The van der Waals surface area contributed by atoms with E-state index < -0.39 is 6.17 Å². The van der Waals surface area contributed by atoms with Crippen molar-refractivity contribution in [3.05, 3.63) is 0 Å². The van der Waals surface area contributed by atoms with Crippen molar-refractivity contribution in [3.63, 3.8) is 0 Å². The van der Waals surface area contributed by atoms with Crippen LogP contribution in [0.5, 0.6) is 0 Å². The van der Waals surface area contributed by atoms with Crippen LogP contribution in [-0.4, -0.2) is 12.2 Å². The van der Waals surface area contributed by atoms with Gasteiger partial charge in [-0.1, -0.05) is 12.8 Å². The number of alkyl halides is 1. The summed E-state index contributed by atoms with van der Waals surface area (Å²) in [4.78, 5) is 0. The van der Waals surface area contributed by atoms with Gasteiger partial charge in [-0.2, -0.15) is 0 Å². The highest BCUT2D eigenvalue weighted by molar-refractivity contribution is 5.85. The minimum atomic E-state index is -0.719. The number of hydrogen-bond donors (Lipinski definition) is 1. The van der Waals surface area contributed by atoms with Gasteiger partial charge >= 0.3 is 0 Å². The Morgan fingerprint density at radius 1 is 1.22 bits per heavy atom. The third kappa shape index (κ3) is 2.50. The van der Waals surface area contributed by atoms with Gasteiger partial charge in [-0.15, -0.1) is 12.4 Å². The normalized spacial score (nSPS) is 35.3. The quantitative estimate of drug-likeness (QED) is 0.563. The summed E-state index contributed by atoms with van der Waals surface area (Å²) in [7, 11) is 0. The van der Waals surface area contributed by atoms with Gasteiger partial charge in [0.15, 0.2) is 0 Å². The van der Waals surface area contributed by atoms with Crippen LogP contribution in [0, 0.1) is 0 Å². The highest BCUT2D eigenvalue weighted by Crippen LogP contribution is 2.18. The fourth-order valence-corrected chi connectivity index (χ4v) is 1.11. The summed E-state index contributed by atoms with van der Waals surface area (Å²) in [6.07, 6.45) is 2.97. The molecule has 1 saturated carbocycles. The van der Waals surface area contributed by atoms with E-state index in [2.05, 4.69) is 0 Å². The fourth-order valence-electron chi connectivity index (χ4n) is 1.11. The lowest BCUT2D eigenvalue weighted by molar-refractivity contribution is 0.218. The Kier molecular flexibility index (Phi) is 4.15. The largest absolute Gasteiger partial charge is 0.325 e. The third-order valence-electron chi connectivity index (χ3n) is 1.73. The van der Waals surface area contributed by atoms with Crippen LogP contribution in [0.1, 0.15) is 25.7 Å². The predicted molar refractivity (Wildman–Crippen MR) is 38.6 cm³/mol. The van der Waals surface area contributed by atoms with E-state index in [0.717, 1.165) is 19.3 Å². The maximum absolute atomic E-state index is 12.5. The molecule has 1 aliphatic carbocycles. The molecular weight excluding hydrogens is 141 g/mol. The summed E-state index contributed by atoms with van der Waals surface area (Å²) in [6, 6.07) is -0.163. The van der Waals surface area contributed by atoms with Crippen LogP contribution >= 0.6 is 12.4 Å². The molecular formula is C6H13ClFN. The SMILES string of the molecule is Cl.N[C@@H]1CCCC[C@@H]1F. The Balaban J connectivity index is 0.000000640. The van der Waals surface area contributed by atoms with Crippen molar-refractivity contribution in [1.29, 1.82) is 0 Å². The summed E-state index contributed by atoms with van der Waals surface area (Å²) < 4.78 is 12.5. The van der Waals surface area contributed by atoms with E-state index in [4.69, 9.17) is 5.73 Å². The van der Waals surface area contributed by atoms with E-state index in [-0.39, 0.29) is 18.4 Å². The Bertz CT molecular complexity index is 69.5. The number of nitrogens with two attached hydrogens (primary N) is 1. The molecule has 2 N–H and O–H groups in total. The summed E-state index contributed by atoms with van der Waals surface area (Å²) in [6.45, 7) is 0. The van der Waals surface area contributed by atoms with Gasteiger partial charge in [-0.05, 0) is 12.8 Å². The average Bonchev–Trinajstić information content (AvgIpc) is 1.77. The molecule has 2 atom stereocenters. The topological polar surface area (TPSA) is 26.0 Å². The Hall–Kier alpha value is 0.180. The van der Waals surface area contributed by atoms with E-state index in [1.54, 1.807) is 0 Å². The fraction of sp³-hybridized carbons (Fsp3) is 1.00. The molecule has 0 unspecified atom stereocenters. The molecule has 0 amide bonds. The van der Waals surface area contributed by atoms with Gasteiger partial charge in [0.05, 0.1) is 0 Å². The minimum Gasteiger partial charge on any atom is -0.325 e. The molecule has 0 aromatic rings. The standard InChI is InChI=1S/C6H12FN.ClH/c7-5-3-1-2-4-6(5)8;/h5-6H,1-4,8H2;1H/t5-,6+;/m0./s1. The van der Waals surface area contributed by atoms with Crippen LogP contribution < -0.4 is 5.73 Å². The summed E-state index contributed by atoms with van der Waals surface area (Å²) in [5.41, 5.74) is 5.40. The predicted octanol–water partition coefficient (Wildman–Crippen LogP) is 1.65. The van der Waals surface area contributed by atoms with Crippen LogP contribution in [0.3, 0.4) is 0 Å². The van der Waals surface area contributed by atoms with Crippen LogP contribution in [0.25, 0.3) is 0 Å². The molecule has 1 aliphatic rings. The van der Waals surface area contributed by atoms with E-state index in [1.165, 1.54) is 0 Å². The van der Waals surface area contributed by atoms with Gasteiger partial charge < -0.3 is 5.73 Å². The molecule has 3 heteroatoms. The number of hydrogen-bond acceptors (Lipinski definition) is 1.